The van der Waals surface area contributed by atoms with Crippen molar-refractivity contribution in [1.82, 2.24) is 0 Å². The summed E-state index contributed by atoms with van der Waals surface area (Å²) in [5.74, 6) is -0.275. The zero-order valence-electron chi connectivity index (χ0n) is 9.74. The molecule has 0 bridgehead atoms. The molecule has 1 nitrogen and oxygen atoms in total. The number of allylic oxidation sites excluding steroid dienone is 8. The van der Waals surface area contributed by atoms with Gasteiger partial charge in [-0.15, -0.1) is 5.73 Å². The van der Waals surface area contributed by atoms with Crippen LogP contribution in [0, 0.1) is 12.0 Å². The molecule has 2 heteroatoms. The van der Waals surface area contributed by atoms with Crippen LogP contribution in [0.3, 0.4) is 0 Å². The number of rotatable bonds is 4. The first-order valence-corrected chi connectivity index (χ1v) is 5.68. The average Bonchev–Trinajstić information content (AvgIpc) is 2.26. The lowest BCUT2D eigenvalue weighted by molar-refractivity contribution is -0.109. The van der Waals surface area contributed by atoms with Crippen molar-refractivity contribution in [2.75, 3.05) is 0 Å². The number of carbonyl (C=O) groups excluding carboxylic acids is 1. The molecule has 17 heavy (non-hydrogen) atoms. The van der Waals surface area contributed by atoms with Crippen LogP contribution >= 0.6 is 11.6 Å². The summed E-state index contributed by atoms with van der Waals surface area (Å²) >= 11 is 6.01. The predicted octanol–water partition coefficient (Wildman–Crippen LogP) is 3.90. The molecule has 0 N–H and O–H groups in total. The maximum atomic E-state index is 11.2. The van der Waals surface area contributed by atoms with Crippen LogP contribution in [0.1, 0.15) is 13.3 Å². The third-order valence-corrected chi connectivity index (χ3v) is 2.72. The van der Waals surface area contributed by atoms with Gasteiger partial charge < -0.3 is 4.79 Å². The molecular formula is C15H14ClO+. The summed E-state index contributed by atoms with van der Waals surface area (Å²) in [6, 6.07) is 0. The fourth-order valence-corrected chi connectivity index (χ4v) is 1.83. The lowest BCUT2D eigenvalue weighted by Crippen LogP contribution is -2.08. The van der Waals surface area contributed by atoms with E-state index >= 15 is 0 Å². The van der Waals surface area contributed by atoms with Gasteiger partial charge >= 0.3 is 0 Å². The Bertz CT molecular complexity index is 457. The minimum atomic E-state index is -0.275. The van der Waals surface area contributed by atoms with E-state index in [0.29, 0.717) is 11.5 Å². The summed E-state index contributed by atoms with van der Waals surface area (Å²) in [5, 5.41) is 0.600. The number of halogens is 1. The van der Waals surface area contributed by atoms with E-state index in [1.54, 1.807) is 12.2 Å². The highest BCUT2D eigenvalue weighted by molar-refractivity contribution is 6.29. The minimum Gasteiger partial charge on any atom is -0.300 e. The van der Waals surface area contributed by atoms with Crippen molar-refractivity contribution in [3.05, 3.63) is 64.9 Å². The van der Waals surface area contributed by atoms with Crippen molar-refractivity contribution in [1.29, 1.82) is 0 Å². The van der Waals surface area contributed by atoms with E-state index in [1.165, 1.54) is 0 Å². The fraction of sp³-hybridized carbons (Fsp3) is 0.200. The Balaban J connectivity index is 3.05. The summed E-state index contributed by atoms with van der Waals surface area (Å²) in [4.78, 5) is 11.2. The van der Waals surface area contributed by atoms with Crippen molar-refractivity contribution >= 4 is 17.9 Å². The van der Waals surface area contributed by atoms with Crippen LogP contribution in [0.5, 0.6) is 0 Å². The van der Waals surface area contributed by atoms with Crippen LogP contribution in [0.15, 0.2) is 58.9 Å². The molecule has 0 spiro atoms. The Morgan fingerprint density at radius 1 is 1.65 bits per heavy atom. The van der Waals surface area contributed by atoms with E-state index in [1.807, 2.05) is 25.2 Å². The van der Waals surface area contributed by atoms with Gasteiger partial charge in [-0.3, -0.25) is 0 Å². The van der Waals surface area contributed by atoms with Gasteiger partial charge in [-0.25, -0.2) is 0 Å². The maximum absolute atomic E-state index is 11.2. The molecule has 0 aromatic rings. The molecule has 0 heterocycles. The lowest BCUT2D eigenvalue weighted by atomic mass is 9.90. The van der Waals surface area contributed by atoms with Crippen molar-refractivity contribution in [2.45, 2.75) is 13.3 Å². The number of hydrogen-bond donors (Lipinski definition) is 0. The van der Waals surface area contributed by atoms with Crippen LogP contribution in [0.25, 0.3) is 0 Å². The molecule has 0 radical (unpaired) electrons. The van der Waals surface area contributed by atoms with Gasteiger partial charge in [0.05, 0.1) is 16.7 Å². The molecule has 1 aliphatic carbocycles. The Labute approximate surface area is 107 Å². The average molecular weight is 246 g/mol. The first-order valence-electron chi connectivity index (χ1n) is 5.30. The highest BCUT2D eigenvalue weighted by atomic mass is 35.5. The van der Waals surface area contributed by atoms with E-state index in [4.69, 9.17) is 11.6 Å². The second-order valence-corrected chi connectivity index (χ2v) is 4.18. The van der Waals surface area contributed by atoms with Gasteiger partial charge in [0.15, 0.2) is 12.4 Å². The normalized spacial score (nSPS) is 17.4. The molecule has 0 aromatic heterocycles. The minimum absolute atomic E-state index is 0.275. The monoisotopic (exact) mass is 245 g/mol. The molecule has 0 saturated heterocycles. The first-order chi connectivity index (χ1) is 8.19. The summed E-state index contributed by atoms with van der Waals surface area (Å²) in [7, 11) is 0. The van der Waals surface area contributed by atoms with Crippen LogP contribution in [0.2, 0.25) is 0 Å². The fourth-order valence-electron chi connectivity index (χ4n) is 1.61. The van der Waals surface area contributed by atoms with E-state index in [-0.39, 0.29) is 5.92 Å². The van der Waals surface area contributed by atoms with Crippen LogP contribution in [-0.2, 0) is 4.79 Å². The molecule has 0 fully saturated rings. The Kier molecular flexibility index (Phi) is 5.39. The van der Waals surface area contributed by atoms with Crippen molar-refractivity contribution in [2.24, 2.45) is 5.92 Å². The smallest absolute Gasteiger partial charge is 0.158 e. The van der Waals surface area contributed by atoms with E-state index in [0.717, 1.165) is 17.4 Å². The van der Waals surface area contributed by atoms with E-state index in [9.17, 15) is 4.79 Å². The summed E-state index contributed by atoms with van der Waals surface area (Å²) < 4.78 is 0. The topological polar surface area (TPSA) is 17.1 Å². The molecule has 0 amide bonds. The third-order valence-electron chi connectivity index (χ3n) is 2.47. The Morgan fingerprint density at radius 2 is 2.41 bits per heavy atom. The Morgan fingerprint density at radius 3 is 3.06 bits per heavy atom. The van der Waals surface area contributed by atoms with Gasteiger partial charge in [-0.2, -0.15) is 0 Å². The van der Waals surface area contributed by atoms with Gasteiger partial charge in [0.25, 0.3) is 0 Å². The Hall–Kier alpha value is -1.65. The molecule has 86 valence electrons. The lowest BCUT2D eigenvalue weighted by Gasteiger charge is -2.10. The largest absolute Gasteiger partial charge is 0.300 e. The molecule has 1 rings (SSSR count). The van der Waals surface area contributed by atoms with Crippen LogP contribution < -0.4 is 0 Å². The maximum Gasteiger partial charge on any atom is 0.158 e. The molecule has 0 saturated carbocycles. The van der Waals surface area contributed by atoms with Crippen LogP contribution in [0.4, 0.5) is 0 Å². The molecule has 1 atom stereocenters. The van der Waals surface area contributed by atoms with E-state index < -0.39 is 0 Å². The molecular weight excluding hydrogens is 232 g/mol. The van der Waals surface area contributed by atoms with Gasteiger partial charge in [0, 0.05) is 19.9 Å². The molecule has 1 unspecified atom stereocenters. The van der Waals surface area contributed by atoms with Gasteiger partial charge in [-0.1, -0.05) is 29.8 Å². The second kappa shape index (κ2) is 6.83. The quantitative estimate of drug-likeness (QED) is 0.318. The summed E-state index contributed by atoms with van der Waals surface area (Å²) in [6.07, 6.45) is 13.2. The zero-order valence-corrected chi connectivity index (χ0v) is 10.5. The van der Waals surface area contributed by atoms with Gasteiger partial charge in [0.2, 0.25) is 0 Å². The van der Waals surface area contributed by atoms with Crippen LogP contribution in [-0.4, -0.2) is 6.29 Å². The highest BCUT2D eigenvalue weighted by Crippen LogP contribution is 2.26. The predicted molar refractivity (Wildman–Crippen MR) is 71.5 cm³/mol. The van der Waals surface area contributed by atoms with Crippen molar-refractivity contribution in [3.8, 4) is 0 Å². The van der Waals surface area contributed by atoms with Crippen molar-refractivity contribution in [3.63, 3.8) is 0 Å². The molecule has 0 aromatic carbocycles. The first kappa shape index (κ1) is 13.4. The third kappa shape index (κ3) is 4.01. The number of aldehydes is 1. The zero-order chi connectivity index (χ0) is 12.7. The standard InChI is InChI=1S/C15H14ClO/c1-3-7-12(2)15(11-17)13-8-5-4-6-9-14(16)10-13/h4-8,11,15H,1,10H2,2H3/q+1/b5-4?,12-7-,13-8?. The summed E-state index contributed by atoms with van der Waals surface area (Å²) in [5.41, 5.74) is 4.79. The van der Waals surface area contributed by atoms with Gasteiger partial charge in [-0.05, 0) is 11.6 Å². The van der Waals surface area contributed by atoms with Crippen molar-refractivity contribution < 1.29 is 4.79 Å². The van der Waals surface area contributed by atoms with Gasteiger partial charge in [0.1, 0.15) is 5.92 Å². The highest BCUT2D eigenvalue weighted by Gasteiger charge is 2.21. The SMILES string of the molecule is C=[C+]/C=C(/C)C(C=O)C1=CC=CC=C=C(Cl)C1. The second-order valence-electron chi connectivity index (χ2n) is 3.73. The van der Waals surface area contributed by atoms with E-state index in [2.05, 4.69) is 18.4 Å². The molecule has 1 aliphatic rings. The number of hydrogen-bond acceptors (Lipinski definition) is 1. The molecule has 0 aliphatic heterocycles. The number of carbonyl (C=O) groups is 1. The summed E-state index contributed by atoms with van der Waals surface area (Å²) in [6.45, 7) is 5.39.